The highest BCUT2D eigenvalue weighted by atomic mass is 127. The van der Waals surface area contributed by atoms with Crippen LogP contribution in [0.1, 0.15) is 15.9 Å². The van der Waals surface area contributed by atoms with Gasteiger partial charge in [-0.3, -0.25) is 4.79 Å². The van der Waals surface area contributed by atoms with E-state index >= 15 is 0 Å². The van der Waals surface area contributed by atoms with Crippen molar-refractivity contribution in [2.45, 2.75) is 6.42 Å². The lowest BCUT2D eigenvalue weighted by Crippen LogP contribution is -2.05. The zero-order valence-corrected chi connectivity index (χ0v) is 14.8. The Balaban J connectivity index is 2.30. The summed E-state index contributed by atoms with van der Waals surface area (Å²) in [6, 6.07) is 10.8. The Morgan fingerprint density at radius 3 is 2.63 bits per heavy atom. The Kier molecular flexibility index (Phi) is 5.29. The SMILES string of the molecule is O=C(Cc1cc(Cl)ccc1Cl)c1cc(I)ccc1Br. The van der Waals surface area contributed by atoms with Gasteiger partial charge in [-0.25, -0.2) is 0 Å². The molecular formula is C14H8BrCl2IO. The van der Waals surface area contributed by atoms with Crippen LogP contribution in [-0.2, 0) is 6.42 Å². The quantitative estimate of drug-likeness (QED) is 0.411. The summed E-state index contributed by atoms with van der Waals surface area (Å²) in [5, 5.41) is 1.13. The Morgan fingerprint density at radius 1 is 1.16 bits per heavy atom. The van der Waals surface area contributed by atoms with Gasteiger partial charge in [-0.1, -0.05) is 39.1 Å². The van der Waals surface area contributed by atoms with Gasteiger partial charge in [0.05, 0.1) is 0 Å². The topological polar surface area (TPSA) is 17.1 Å². The normalized spacial score (nSPS) is 10.5. The minimum Gasteiger partial charge on any atom is -0.294 e. The number of Topliss-reactive ketones (excluding diaryl/α,β-unsaturated/α-hetero) is 1. The molecule has 0 radical (unpaired) electrons. The molecule has 19 heavy (non-hydrogen) atoms. The molecule has 98 valence electrons. The van der Waals surface area contributed by atoms with Crippen molar-refractivity contribution >= 4 is 67.5 Å². The van der Waals surface area contributed by atoms with Gasteiger partial charge in [0.25, 0.3) is 0 Å². The van der Waals surface area contributed by atoms with Crippen molar-refractivity contribution in [3.8, 4) is 0 Å². The number of carbonyl (C=O) groups excluding carboxylic acids is 1. The van der Waals surface area contributed by atoms with E-state index < -0.39 is 0 Å². The monoisotopic (exact) mass is 468 g/mol. The van der Waals surface area contributed by atoms with Crippen LogP contribution in [-0.4, -0.2) is 5.78 Å². The summed E-state index contributed by atoms with van der Waals surface area (Å²) in [7, 11) is 0. The van der Waals surface area contributed by atoms with E-state index in [-0.39, 0.29) is 12.2 Å². The van der Waals surface area contributed by atoms with Gasteiger partial charge in [0.15, 0.2) is 5.78 Å². The predicted molar refractivity (Wildman–Crippen MR) is 91.4 cm³/mol. The molecule has 0 atom stereocenters. The van der Waals surface area contributed by atoms with Crippen LogP contribution in [0.5, 0.6) is 0 Å². The number of benzene rings is 2. The van der Waals surface area contributed by atoms with Crippen LogP contribution in [0.15, 0.2) is 40.9 Å². The van der Waals surface area contributed by atoms with Crippen molar-refractivity contribution < 1.29 is 4.79 Å². The van der Waals surface area contributed by atoms with Crippen LogP contribution in [0.2, 0.25) is 10.0 Å². The lowest BCUT2D eigenvalue weighted by atomic mass is 10.0. The van der Waals surface area contributed by atoms with Crippen molar-refractivity contribution in [2.24, 2.45) is 0 Å². The molecule has 2 rings (SSSR count). The molecule has 1 nitrogen and oxygen atoms in total. The van der Waals surface area contributed by atoms with E-state index in [0.717, 1.165) is 13.6 Å². The number of hydrogen-bond acceptors (Lipinski definition) is 1. The third-order valence-corrected chi connectivity index (χ3v) is 4.55. The highest BCUT2D eigenvalue weighted by Gasteiger charge is 2.13. The average molecular weight is 470 g/mol. The molecule has 0 bridgehead atoms. The molecule has 0 spiro atoms. The third-order valence-electron chi connectivity index (χ3n) is 2.59. The third kappa shape index (κ3) is 3.94. The van der Waals surface area contributed by atoms with E-state index in [1.165, 1.54) is 0 Å². The summed E-state index contributed by atoms with van der Waals surface area (Å²) in [6.07, 6.45) is 0.234. The van der Waals surface area contributed by atoms with Crippen LogP contribution < -0.4 is 0 Å². The van der Waals surface area contributed by atoms with Gasteiger partial charge in [-0.2, -0.15) is 0 Å². The molecule has 0 amide bonds. The molecule has 0 saturated carbocycles. The van der Waals surface area contributed by atoms with Crippen molar-refractivity contribution in [1.29, 1.82) is 0 Å². The fourth-order valence-electron chi connectivity index (χ4n) is 1.66. The maximum atomic E-state index is 12.3. The zero-order chi connectivity index (χ0) is 14.0. The molecule has 0 aliphatic heterocycles. The van der Waals surface area contributed by atoms with Gasteiger partial charge >= 0.3 is 0 Å². The van der Waals surface area contributed by atoms with Crippen LogP contribution in [0.4, 0.5) is 0 Å². The molecule has 2 aromatic carbocycles. The van der Waals surface area contributed by atoms with E-state index in [9.17, 15) is 4.79 Å². The second-order valence-corrected chi connectivity index (χ2v) is 6.90. The van der Waals surface area contributed by atoms with Crippen molar-refractivity contribution in [3.63, 3.8) is 0 Å². The fraction of sp³-hybridized carbons (Fsp3) is 0.0714. The lowest BCUT2D eigenvalue weighted by molar-refractivity contribution is 0.0992. The zero-order valence-electron chi connectivity index (χ0n) is 9.59. The Bertz CT molecular complexity index is 643. The molecule has 0 unspecified atom stereocenters. The van der Waals surface area contributed by atoms with E-state index in [1.54, 1.807) is 18.2 Å². The highest BCUT2D eigenvalue weighted by Crippen LogP contribution is 2.25. The molecule has 2 aromatic rings. The number of halogens is 4. The van der Waals surface area contributed by atoms with E-state index in [1.807, 2.05) is 18.2 Å². The standard InChI is InChI=1S/C14H8BrCl2IO/c15-12-3-2-10(18)7-11(12)14(19)6-8-5-9(16)1-4-13(8)17/h1-5,7H,6H2. The van der Waals surface area contributed by atoms with Gasteiger partial charge in [-0.15, -0.1) is 0 Å². The van der Waals surface area contributed by atoms with Gasteiger partial charge < -0.3 is 0 Å². The van der Waals surface area contributed by atoms with Crippen molar-refractivity contribution in [2.75, 3.05) is 0 Å². The highest BCUT2D eigenvalue weighted by molar-refractivity contribution is 14.1. The first-order valence-corrected chi connectivity index (χ1v) is 8.02. The largest absolute Gasteiger partial charge is 0.294 e. The smallest absolute Gasteiger partial charge is 0.168 e. The molecule has 0 aliphatic rings. The second-order valence-electron chi connectivity index (χ2n) is 3.96. The first-order chi connectivity index (χ1) is 8.97. The first kappa shape index (κ1) is 15.3. The second kappa shape index (κ2) is 6.57. The molecule has 0 aromatic heterocycles. The van der Waals surface area contributed by atoms with E-state index in [4.69, 9.17) is 23.2 Å². The van der Waals surface area contributed by atoms with Crippen LogP contribution >= 0.6 is 61.7 Å². The lowest BCUT2D eigenvalue weighted by Gasteiger charge is -2.07. The number of carbonyl (C=O) groups is 1. The minimum absolute atomic E-state index is 0.00885. The number of rotatable bonds is 3. The Labute approximate surface area is 143 Å². The Hall–Kier alpha value is -0.100. The molecule has 5 heteroatoms. The van der Waals surface area contributed by atoms with Gasteiger partial charge in [-0.05, 0) is 64.6 Å². The average Bonchev–Trinajstić information content (AvgIpc) is 2.36. The fourth-order valence-corrected chi connectivity index (χ4v) is 3.00. The maximum Gasteiger partial charge on any atom is 0.168 e. The summed E-state index contributed by atoms with van der Waals surface area (Å²) >= 11 is 17.6. The number of hydrogen-bond donors (Lipinski definition) is 0. The summed E-state index contributed by atoms with van der Waals surface area (Å²) in [6.45, 7) is 0. The summed E-state index contributed by atoms with van der Waals surface area (Å²) in [4.78, 5) is 12.3. The minimum atomic E-state index is 0.00885. The molecule has 0 fully saturated rings. The molecule has 0 N–H and O–H groups in total. The molecule has 0 aliphatic carbocycles. The van der Waals surface area contributed by atoms with Crippen LogP contribution in [0.3, 0.4) is 0 Å². The number of ketones is 1. The predicted octanol–water partition coefficient (Wildman–Crippen LogP) is 5.79. The maximum absolute atomic E-state index is 12.3. The Morgan fingerprint density at radius 2 is 1.89 bits per heavy atom. The van der Waals surface area contributed by atoms with Gasteiger partial charge in [0.1, 0.15) is 0 Å². The summed E-state index contributed by atoms with van der Waals surface area (Å²) in [5.41, 5.74) is 1.40. The summed E-state index contributed by atoms with van der Waals surface area (Å²) < 4.78 is 1.80. The van der Waals surface area contributed by atoms with Crippen molar-refractivity contribution in [1.82, 2.24) is 0 Å². The van der Waals surface area contributed by atoms with E-state index in [2.05, 4.69) is 38.5 Å². The first-order valence-electron chi connectivity index (χ1n) is 5.39. The summed E-state index contributed by atoms with van der Waals surface area (Å²) in [5.74, 6) is 0.00885. The van der Waals surface area contributed by atoms with Gasteiger partial charge in [0, 0.05) is 30.1 Å². The van der Waals surface area contributed by atoms with Gasteiger partial charge in [0.2, 0.25) is 0 Å². The molecule has 0 saturated heterocycles. The van der Waals surface area contributed by atoms with Crippen LogP contribution in [0, 0.1) is 3.57 Å². The van der Waals surface area contributed by atoms with Crippen molar-refractivity contribution in [3.05, 3.63) is 65.6 Å². The van der Waals surface area contributed by atoms with Crippen LogP contribution in [0.25, 0.3) is 0 Å². The van der Waals surface area contributed by atoms with E-state index in [0.29, 0.717) is 15.6 Å². The molecular weight excluding hydrogens is 462 g/mol. The molecule has 0 heterocycles.